The number of hydrogen-bond donors (Lipinski definition) is 2. The molecular weight excluding hydrogens is 274 g/mol. The predicted molar refractivity (Wildman–Crippen MR) is 91.4 cm³/mol. The molecule has 3 rings (SSSR count). The number of benzene rings is 1. The molecule has 0 radical (unpaired) electrons. The number of hydrogen-bond acceptors (Lipinski definition) is 3. The highest BCUT2D eigenvalue weighted by Gasteiger charge is 2.22. The van der Waals surface area contributed by atoms with E-state index in [1.807, 2.05) is 12.1 Å². The number of anilines is 2. The van der Waals surface area contributed by atoms with Crippen LogP contribution in [-0.4, -0.2) is 31.6 Å². The minimum atomic E-state index is 0.117. The van der Waals surface area contributed by atoms with Gasteiger partial charge >= 0.3 is 0 Å². The molecule has 2 fully saturated rings. The molecule has 1 saturated heterocycles. The number of carbonyl (C=O) groups is 1. The van der Waals surface area contributed by atoms with E-state index in [0.29, 0.717) is 18.5 Å². The maximum absolute atomic E-state index is 12.3. The number of nitrogens with one attached hydrogen (secondary N) is 2. The number of nitrogens with zero attached hydrogens (tertiary/aromatic N) is 1. The molecule has 1 atom stereocenters. The molecule has 1 amide bonds. The van der Waals surface area contributed by atoms with Gasteiger partial charge in [0.2, 0.25) is 5.91 Å². The number of rotatable bonds is 5. The van der Waals surface area contributed by atoms with Crippen LogP contribution < -0.4 is 15.5 Å². The summed E-state index contributed by atoms with van der Waals surface area (Å²) in [5, 5.41) is 6.51. The Morgan fingerprint density at radius 2 is 2.00 bits per heavy atom. The second kappa shape index (κ2) is 7.14. The minimum absolute atomic E-state index is 0.117. The van der Waals surface area contributed by atoms with Gasteiger partial charge in [-0.1, -0.05) is 25.0 Å². The number of para-hydroxylation sites is 2. The van der Waals surface area contributed by atoms with E-state index in [0.717, 1.165) is 24.3 Å². The highest BCUT2D eigenvalue weighted by molar-refractivity contribution is 5.94. The van der Waals surface area contributed by atoms with Gasteiger partial charge in [0, 0.05) is 25.6 Å². The minimum Gasteiger partial charge on any atom is -0.370 e. The van der Waals surface area contributed by atoms with Crippen LogP contribution in [0.1, 0.15) is 44.9 Å². The van der Waals surface area contributed by atoms with Crippen molar-refractivity contribution >= 4 is 17.3 Å². The molecule has 4 heteroatoms. The lowest BCUT2D eigenvalue weighted by Gasteiger charge is -2.28. The topological polar surface area (TPSA) is 44.4 Å². The Morgan fingerprint density at radius 3 is 2.73 bits per heavy atom. The van der Waals surface area contributed by atoms with Gasteiger partial charge in [0.15, 0.2) is 0 Å². The quantitative estimate of drug-likeness (QED) is 0.878. The van der Waals surface area contributed by atoms with Crippen molar-refractivity contribution in [2.24, 2.45) is 0 Å². The molecule has 0 spiro atoms. The molecule has 1 aromatic rings. The standard InChI is InChI=1S/C18H27N3O/c1-21(15-8-2-3-9-15)17-11-5-4-10-16(17)20-18(22)13-14-7-6-12-19-14/h4-5,10-11,14-15,19H,2-3,6-9,12-13H2,1H3,(H,20,22). The van der Waals surface area contributed by atoms with E-state index in [1.54, 1.807) is 0 Å². The van der Waals surface area contributed by atoms with Crippen molar-refractivity contribution in [2.45, 2.75) is 57.0 Å². The molecule has 22 heavy (non-hydrogen) atoms. The van der Waals surface area contributed by atoms with Gasteiger partial charge in [0.1, 0.15) is 0 Å². The molecule has 2 aliphatic rings. The zero-order chi connectivity index (χ0) is 15.4. The fraction of sp³-hybridized carbons (Fsp3) is 0.611. The van der Waals surface area contributed by atoms with Gasteiger partial charge in [0.25, 0.3) is 0 Å². The Balaban J connectivity index is 1.66. The summed E-state index contributed by atoms with van der Waals surface area (Å²) >= 11 is 0. The van der Waals surface area contributed by atoms with Crippen molar-refractivity contribution in [3.05, 3.63) is 24.3 Å². The lowest BCUT2D eigenvalue weighted by molar-refractivity contribution is -0.116. The smallest absolute Gasteiger partial charge is 0.225 e. The fourth-order valence-corrected chi connectivity index (χ4v) is 3.73. The molecule has 1 aromatic carbocycles. The first-order valence-corrected chi connectivity index (χ1v) is 8.59. The molecule has 120 valence electrons. The van der Waals surface area contributed by atoms with Gasteiger partial charge in [-0.15, -0.1) is 0 Å². The van der Waals surface area contributed by atoms with Crippen LogP contribution in [0.4, 0.5) is 11.4 Å². The maximum Gasteiger partial charge on any atom is 0.225 e. The van der Waals surface area contributed by atoms with Crippen LogP contribution in [0, 0.1) is 0 Å². The first-order valence-electron chi connectivity index (χ1n) is 8.59. The monoisotopic (exact) mass is 301 g/mol. The van der Waals surface area contributed by atoms with Crippen molar-refractivity contribution in [3.63, 3.8) is 0 Å². The molecule has 1 heterocycles. The third-order valence-electron chi connectivity index (χ3n) is 5.02. The fourth-order valence-electron chi connectivity index (χ4n) is 3.73. The normalized spacial score (nSPS) is 22.0. The molecule has 4 nitrogen and oxygen atoms in total. The first kappa shape index (κ1) is 15.3. The van der Waals surface area contributed by atoms with E-state index in [4.69, 9.17) is 0 Å². The van der Waals surface area contributed by atoms with Gasteiger partial charge in [-0.2, -0.15) is 0 Å². The SMILES string of the molecule is CN(c1ccccc1NC(=O)CC1CCCN1)C1CCCC1. The molecule has 1 aliphatic heterocycles. The highest BCUT2D eigenvalue weighted by atomic mass is 16.1. The van der Waals surface area contributed by atoms with Crippen molar-refractivity contribution in [2.75, 3.05) is 23.8 Å². The summed E-state index contributed by atoms with van der Waals surface area (Å²) in [5.41, 5.74) is 2.09. The van der Waals surface area contributed by atoms with Crippen molar-refractivity contribution < 1.29 is 4.79 Å². The summed E-state index contributed by atoms with van der Waals surface area (Å²) in [6, 6.07) is 9.13. The molecule has 1 saturated carbocycles. The summed E-state index contributed by atoms with van der Waals surface area (Å²) in [7, 11) is 2.15. The zero-order valence-electron chi connectivity index (χ0n) is 13.5. The van der Waals surface area contributed by atoms with E-state index in [1.165, 1.54) is 32.1 Å². The second-order valence-electron chi connectivity index (χ2n) is 6.61. The Morgan fingerprint density at radius 1 is 1.23 bits per heavy atom. The van der Waals surface area contributed by atoms with E-state index in [2.05, 4.69) is 34.7 Å². The van der Waals surface area contributed by atoms with Crippen LogP contribution in [-0.2, 0) is 4.79 Å². The van der Waals surface area contributed by atoms with E-state index in [9.17, 15) is 4.79 Å². The van der Waals surface area contributed by atoms with E-state index >= 15 is 0 Å². The van der Waals surface area contributed by atoms with Crippen molar-refractivity contribution in [1.82, 2.24) is 5.32 Å². The lowest BCUT2D eigenvalue weighted by atomic mass is 10.1. The second-order valence-corrected chi connectivity index (χ2v) is 6.61. The van der Waals surface area contributed by atoms with Crippen LogP contribution in [0.2, 0.25) is 0 Å². The summed E-state index contributed by atoms with van der Waals surface area (Å²) in [4.78, 5) is 14.6. The Labute approximate surface area is 133 Å². The Bertz CT molecular complexity index is 505. The maximum atomic E-state index is 12.3. The van der Waals surface area contributed by atoms with Crippen molar-refractivity contribution in [1.29, 1.82) is 0 Å². The lowest BCUT2D eigenvalue weighted by Crippen LogP contribution is -2.31. The average molecular weight is 301 g/mol. The van der Waals surface area contributed by atoms with E-state index in [-0.39, 0.29) is 5.91 Å². The molecule has 2 N–H and O–H groups in total. The van der Waals surface area contributed by atoms with E-state index < -0.39 is 0 Å². The molecule has 1 aliphatic carbocycles. The molecule has 1 unspecified atom stereocenters. The average Bonchev–Trinajstić information content (AvgIpc) is 3.20. The summed E-state index contributed by atoms with van der Waals surface area (Å²) in [6.07, 6.45) is 8.00. The van der Waals surface area contributed by atoms with Gasteiger partial charge in [-0.25, -0.2) is 0 Å². The third-order valence-corrected chi connectivity index (χ3v) is 5.02. The highest BCUT2D eigenvalue weighted by Crippen LogP contribution is 2.31. The van der Waals surface area contributed by atoms with Crippen LogP contribution in [0.25, 0.3) is 0 Å². The third kappa shape index (κ3) is 3.61. The number of amides is 1. The van der Waals surface area contributed by atoms with Crippen molar-refractivity contribution in [3.8, 4) is 0 Å². The van der Waals surface area contributed by atoms with Crippen LogP contribution in [0.15, 0.2) is 24.3 Å². The van der Waals surface area contributed by atoms with Gasteiger partial charge in [-0.3, -0.25) is 4.79 Å². The van der Waals surface area contributed by atoms with Gasteiger partial charge in [-0.05, 0) is 44.4 Å². The molecular formula is C18H27N3O. The Kier molecular flexibility index (Phi) is 4.98. The predicted octanol–water partition coefficient (Wildman–Crippen LogP) is 3.15. The first-order chi connectivity index (χ1) is 10.7. The van der Waals surface area contributed by atoms with Crippen LogP contribution in [0.3, 0.4) is 0 Å². The van der Waals surface area contributed by atoms with Crippen LogP contribution >= 0.6 is 0 Å². The van der Waals surface area contributed by atoms with Gasteiger partial charge in [0.05, 0.1) is 11.4 Å². The summed E-state index contributed by atoms with van der Waals surface area (Å²) in [5.74, 6) is 0.117. The zero-order valence-corrected chi connectivity index (χ0v) is 13.5. The Hall–Kier alpha value is -1.55. The largest absolute Gasteiger partial charge is 0.370 e. The summed E-state index contributed by atoms with van der Waals surface area (Å²) < 4.78 is 0. The van der Waals surface area contributed by atoms with Crippen LogP contribution in [0.5, 0.6) is 0 Å². The van der Waals surface area contributed by atoms with Gasteiger partial charge < -0.3 is 15.5 Å². The molecule has 0 bridgehead atoms. The summed E-state index contributed by atoms with van der Waals surface area (Å²) in [6.45, 7) is 1.04. The molecule has 0 aromatic heterocycles. The number of carbonyl (C=O) groups excluding carboxylic acids is 1.